The molecule has 1 fully saturated rings. The molecular formula is C21H29N5O12P2S. The van der Waals surface area contributed by atoms with Crippen LogP contribution in [-0.2, 0) is 33.2 Å². The number of aromatic nitrogens is 4. The molecule has 3 heterocycles. The van der Waals surface area contributed by atoms with Crippen LogP contribution in [-0.4, -0.2) is 82.0 Å². The molecule has 1 aliphatic rings. The van der Waals surface area contributed by atoms with E-state index in [1.165, 1.54) is 39.4 Å². The number of imidazole rings is 1. The molecule has 5 N–H and O–H groups in total. The number of methoxy groups -OCH3 is 3. The molecular weight excluding hydrogens is 608 g/mol. The van der Waals surface area contributed by atoms with Gasteiger partial charge in [0.2, 0.25) is 5.95 Å². The molecule has 4 rings (SSSR count). The summed E-state index contributed by atoms with van der Waals surface area (Å²) >= 11 is 1.37. The van der Waals surface area contributed by atoms with Crippen LogP contribution in [0, 0.1) is 0 Å². The van der Waals surface area contributed by atoms with Crippen molar-refractivity contribution in [3.63, 3.8) is 0 Å². The van der Waals surface area contributed by atoms with Crippen LogP contribution < -0.4 is 25.5 Å². The third-order valence-corrected chi connectivity index (χ3v) is 8.86. The largest absolute Gasteiger partial charge is 0.496 e. The topological polar surface area (TPSA) is 229 Å². The number of aromatic amines is 1. The smallest absolute Gasteiger partial charge is 0.479 e. The van der Waals surface area contributed by atoms with E-state index < -0.39 is 46.5 Å². The number of nitrogens with two attached hydrogens (primary N) is 1. The highest BCUT2D eigenvalue weighted by molar-refractivity contribution is 7.98. The van der Waals surface area contributed by atoms with Crippen molar-refractivity contribution in [2.24, 2.45) is 0 Å². The number of anilines is 1. The zero-order valence-corrected chi connectivity index (χ0v) is 24.8. The van der Waals surface area contributed by atoms with Crippen molar-refractivity contribution in [3.05, 3.63) is 34.4 Å². The van der Waals surface area contributed by atoms with Gasteiger partial charge in [0.05, 0.1) is 52.9 Å². The molecule has 1 saturated heterocycles. The number of nitrogens with zero attached hydrogens (tertiary/aromatic N) is 3. The van der Waals surface area contributed by atoms with Crippen LogP contribution >= 0.6 is 27.8 Å². The number of thioether (sulfide) groups is 1. The molecule has 226 valence electrons. The molecule has 0 spiro atoms. The van der Waals surface area contributed by atoms with Crippen LogP contribution in [0.5, 0.6) is 17.2 Å². The SMILES string of the molecule is COc1cc(OC)c(CSCO[C@H]2[C@H](n3cnc4c(=O)[nH]c(N)nc43)CO[C@@H]2COP(=O)(O)O[PH](=O)O)c(OC)c1. The molecule has 2 unspecified atom stereocenters. The molecule has 0 aliphatic carbocycles. The maximum Gasteiger partial charge on any atom is 0.479 e. The van der Waals surface area contributed by atoms with Gasteiger partial charge in [-0.3, -0.25) is 18.9 Å². The Morgan fingerprint density at radius 1 is 1.27 bits per heavy atom. The Morgan fingerprint density at radius 3 is 2.61 bits per heavy atom. The standard InChI is InChI=1S/C21H29N5O12P2S/c1-32-11-4-14(33-2)12(15(5-11)34-3)8-41-10-36-18-13(6-35-16(18)7-37-40(30,31)38-39(28)29)26-9-23-17-19(26)24-21(22)25-20(17)27/h4-5,9,13,16,18,39H,6-8,10H2,1-3H3,(H,28,29)(H,30,31)(H3,22,24,25,27)/t13-,16-,18+/m1/s1. The Labute approximate surface area is 237 Å². The fourth-order valence-corrected chi connectivity index (χ4v) is 6.39. The minimum atomic E-state index is -4.85. The maximum absolute atomic E-state index is 12.3. The van der Waals surface area contributed by atoms with Crippen LogP contribution in [0.2, 0.25) is 0 Å². The van der Waals surface area contributed by atoms with Crippen molar-refractivity contribution in [3.8, 4) is 17.2 Å². The van der Waals surface area contributed by atoms with Crippen molar-refractivity contribution >= 4 is 45.0 Å². The van der Waals surface area contributed by atoms with Gasteiger partial charge in [-0.25, -0.2) is 13.9 Å². The number of fused-ring (bicyclic) bond motifs is 1. The first-order valence-corrected chi connectivity index (χ1v) is 15.7. The van der Waals surface area contributed by atoms with E-state index in [4.69, 9.17) is 38.8 Å². The third-order valence-electron chi connectivity index (χ3n) is 6.04. The van der Waals surface area contributed by atoms with Crippen LogP contribution in [0.25, 0.3) is 11.2 Å². The van der Waals surface area contributed by atoms with Gasteiger partial charge in [0.15, 0.2) is 11.2 Å². The summed E-state index contributed by atoms with van der Waals surface area (Å²) in [5.41, 5.74) is 6.20. The predicted molar refractivity (Wildman–Crippen MR) is 147 cm³/mol. The van der Waals surface area contributed by atoms with Crippen molar-refractivity contribution < 1.29 is 51.4 Å². The Balaban J connectivity index is 1.53. The fraction of sp³-hybridized carbons (Fsp3) is 0.476. The summed E-state index contributed by atoms with van der Waals surface area (Å²) in [5, 5.41) is 0. The number of benzene rings is 1. The summed E-state index contributed by atoms with van der Waals surface area (Å²) in [6, 6.07) is 2.85. The highest BCUT2D eigenvalue weighted by atomic mass is 32.2. The first-order chi connectivity index (χ1) is 19.6. The molecule has 0 bridgehead atoms. The monoisotopic (exact) mass is 637 g/mol. The van der Waals surface area contributed by atoms with Gasteiger partial charge in [0, 0.05) is 23.4 Å². The van der Waals surface area contributed by atoms with E-state index in [9.17, 15) is 18.8 Å². The van der Waals surface area contributed by atoms with Gasteiger partial charge in [0.25, 0.3) is 5.56 Å². The Bertz CT molecular complexity index is 1480. The molecule has 20 heteroatoms. The average Bonchev–Trinajstić information content (AvgIpc) is 3.52. The minimum absolute atomic E-state index is 0.0243. The van der Waals surface area contributed by atoms with Crippen molar-refractivity contribution in [1.82, 2.24) is 19.5 Å². The van der Waals surface area contributed by atoms with Gasteiger partial charge >= 0.3 is 16.1 Å². The molecule has 3 aromatic rings. The van der Waals surface area contributed by atoms with Gasteiger partial charge in [-0.1, -0.05) is 0 Å². The summed E-state index contributed by atoms with van der Waals surface area (Å²) in [6.07, 6.45) is -0.349. The van der Waals surface area contributed by atoms with E-state index in [2.05, 4.69) is 19.3 Å². The molecule has 17 nitrogen and oxygen atoms in total. The first kappa shape index (κ1) is 31.3. The van der Waals surface area contributed by atoms with E-state index in [0.29, 0.717) is 23.0 Å². The number of nitrogens with one attached hydrogen (secondary N) is 1. The summed E-state index contributed by atoms with van der Waals surface area (Å²) < 4.78 is 61.7. The molecule has 0 amide bonds. The predicted octanol–water partition coefficient (Wildman–Crippen LogP) is 1.46. The zero-order valence-electron chi connectivity index (χ0n) is 22.0. The molecule has 2 aromatic heterocycles. The van der Waals surface area contributed by atoms with Crippen molar-refractivity contribution in [2.75, 3.05) is 46.2 Å². The minimum Gasteiger partial charge on any atom is -0.496 e. The molecule has 5 atom stereocenters. The van der Waals surface area contributed by atoms with E-state index in [1.807, 2.05) is 0 Å². The summed E-state index contributed by atoms with van der Waals surface area (Å²) in [6.45, 7) is -0.492. The Morgan fingerprint density at radius 2 is 1.98 bits per heavy atom. The molecule has 41 heavy (non-hydrogen) atoms. The van der Waals surface area contributed by atoms with Crippen LogP contribution in [0.4, 0.5) is 5.95 Å². The lowest BCUT2D eigenvalue weighted by molar-refractivity contribution is -0.0224. The summed E-state index contributed by atoms with van der Waals surface area (Å²) in [4.78, 5) is 41.5. The highest BCUT2D eigenvalue weighted by Gasteiger charge is 2.42. The van der Waals surface area contributed by atoms with E-state index in [0.717, 1.165) is 5.56 Å². The average molecular weight is 638 g/mol. The summed E-state index contributed by atoms with van der Waals surface area (Å²) in [5.74, 6) is 2.10. The van der Waals surface area contributed by atoms with Crippen LogP contribution in [0.1, 0.15) is 11.6 Å². The van der Waals surface area contributed by atoms with Gasteiger partial charge in [0.1, 0.15) is 29.5 Å². The number of ether oxygens (including phenoxy) is 5. The normalized spacial score (nSPS) is 21.0. The lowest BCUT2D eigenvalue weighted by atomic mass is 10.1. The fourth-order valence-electron chi connectivity index (χ4n) is 4.23. The van der Waals surface area contributed by atoms with Crippen LogP contribution in [0.3, 0.4) is 0 Å². The van der Waals surface area contributed by atoms with Gasteiger partial charge in [-0.05, 0) is 0 Å². The second-order valence-corrected chi connectivity index (χ2v) is 11.8. The molecule has 1 aliphatic heterocycles. The van der Waals surface area contributed by atoms with E-state index in [1.54, 1.807) is 16.7 Å². The van der Waals surface area contributed by atoms with Crippen LogP contribution in [0.15, 0.2) is 23.3 Å². The first-order valence-electron chi connectivity index (χ1n) is 11.8. The number of phosphoric acid groups is 1. The van der Waals surface area contributed by atoms with Gasteiger partial charge in [-0.2, -0.15) is 4.98 Å². The second-order valence-electron chi connectivity index (χ2n) is 8.44. The number of hydrogen-bond acceptors (Lipinski definition) is 14. The number of phosphoric ester groups is 1. The number of hydrogen-bond donors (Lipinski definition) is 4. The van der Waals surface area contributed by atoms with Gasteiger partial charge < -0.3 is 43.8 Å². The Kier molecular flexibility index (Phi) is 10.3. The van der Waals surface area contributed by atoms with Gasteiger partial charge in [-0.15, -0.1) is 11.8 Å². The summed E-state index contributed by atoms with van der Waals surface area (Å²) in [7, 11) is -4.00. The molecule has 0 radical (unpaired) electrons. The third kappa shape index (κ3) is 7.41. The van der Waals surface area contributed by atoms with Crippen molar-refractivity contribution in [1.29, 1.82) is 0 Å². The number of rotatable bonds is 14. The maximum atomic E-state index is 12.3. The highest BCUT2D eigenvalue weighted by Crippen LogP contribution is 2.51. The quantitative estimate of drug-likeness (QED) is 0.111. The molecule has 0 saturated carbocycles. The molecule has 1 aromatic carbocycles. The number of nitrogen functional groups attached to an aromatic ring is 1. The van der Waals surface area contributed by atoms with Crippen molar-refractivity contribution in [2.45, 2.75) is 24.0 Å². The zero-order chi connectivity index (χ0) is 29.7. The Hall–Kier alpha value is -2.66. The lowest BCUT2D eigenvalue weighted by Crippen LogP contribution is -2.34. The van der Waals surface area contributed by atoms with E-state index in [-0.39, 0.29) is 29.7 Å². The lowest BCUT2D eigenvalue weighted by Gasteiger charge is -2.24. The number of H-pyrrole nitrogens is 1. The second kappa shape index (κ2) is 13.5. The van der Waals surface area contributed by atoms with E-state index >= 15 is 0 Å².